The first kappa shape index (κ1) is 19.1. The second kappa shape index (κ2) is 8.37. The highest BCUT2D eigenvalue weighted by atomic mass is 35.5. The molecule has 2 aromatic carbocycles. The number of urea groups is 1. The van der Waals surface area contributed by atoms with Crippen molar-refractivity contribution in [2.45, 2.75) is 13.5 Å². The summed E-state index contributed by atoms with van der Waals surface area (Å²) in [6.45, 7) is 1.99. The van der Waals surface area contributed by atoms with Crippen molar-refractivity contribution in [2.24, 2.45) is 0 Å². The molecule has 0 bridgehead atoms. The van der Waals surface area contributed by atoms with Crippen LogP contribution in [0.3, 0.4) is 0 Å². The Morgan fingerprint density at radius 2 is 1.78 bits per heavy atom. The fourth-order valence-electron chi connectivity index (χ4n) is 2.60. The van der Waals surface area contributed by atoms with Gasteiger partial charge in [-0.3, -0.25) is 5.32 Å². The summed E-state index contributed by atoms with van der Waals surface area (Å²) in [6.07, 6.45) is 0. The highest BCUT2D eigenvalue weighted by molar-refractivity contribution is 6.36. The zero-order valence-electron chi connectivity index (χ0n) is 14.4. The number of hydrogen-bond donors (Lipinski definition) is 2. The first-order valence-electron chi connectivity index (χ1n) is 8.15. The molecule has 4 nitrogen and oxygen atoms in total. The molecule has 27 heavy (non-hydrogen) atoms. The molecule has 0 unspecified atom stereocenters. The second-order valence-electron chi connectivity index (χ2n) is 5.88. The maximum absolute atomic E-state index is 13.3. The number of aromatic nitrogens is 1. The maximum atomic E-state index is 13.3. The van der Waals surface area contributed by atoms with Gasteiger partial charge in [-0.05, 0) is 55.0 Å². The molecule has 1 aromatic heterocycles. The summed E-state index contributed by atoms with van der Waals surface area (Å²) in [5, 5.41) is 6.33. The van der Waals surface area contributed by atoms with E-state index in [1.165, 1.54) is 12.1 Å². The SMILES string of the molecule is Cc1cc(F)ccc1-c1cccc(NC(=O)NCc2c(Cl)cccc2Cl)n1. The number of pyridine rings is 1. The Morgan fingerprint density at radius 3 is 2.48 bits per heavy atom. The van der Waals surface area contributed by atoms with E-state index in [1.807, 2.05) is 0 Å². The minimum absolute atomic E-state index is 0.182. The molecule has 7 heteroatoms. The van der Waals surface area contributed by atoms with Crippen LogP contribution >= 0.6 is 23.2 Å². The van der Waals surface area contributed by atoms with Gasteiger partial charge in [0.25, 0.3) is 0 Å². The number of carbonyl (C=O) groups excluding carboxylic acids is 1. The molecule has 0 aliphatic rings. The molecule has 138 valence electrons. The van der Waals surface area contributed by atoms with Gasteiger partial charge in [-0.15, -0.1) is 0 Å². The van der Waals surface area contributed by atoms with Crippen LogP contribution < -0.4 is 10.6 Å². The van der Waals surface area contributed by atoms with Gasteiger partial charge in [0.1, 0.15) is 11.6 Å². The van der Waals surface area contributed by atoms with E-state index in [4.69, 9.17) is 23.2 Å². The van der Waals surface area contributed by atoms with Crippen molar-refractivity contribution >= 4 is 35.1 Å². The Labute approximate surface area is 166 Å². The van der Waals surface area contributed by atoms with E-state index in [9.17, 15) is 9.18 Å². The van der Waals surface area contributed by atoms with Crippen molar-refractivity contribution < 1.29 is 9.18 Å². The average Bonchev–Trinajstić information content (AvgIpc) is 2.61. The molecule has 0 saturated heterocycles. The van der Waals surface area contributed by atoms with Gasteiger partial charge in [0.2, 0.25) is 0 Å². The number of rotatable bonds is 4. The molecule has 3 rings (SSSR count). The molecule has 0 saturated carbocycles. The molecule has 0 spiro atoms. The number of nitrogens with one attached hydrogen (secondary N) is 2. The lowest BCUT2D eigenvalue weighted by atomic mass is 10.1. The Hall–Kier alpha value is -2.63. The highest BCUT2D eigenvalue weighted by Crippen LogP contribution is 2.25. The molecule has 0 fully saturated rings. The minimum atomic E-state index is -0.438. The van der Waals surface area contributed by atoms with Crippen molar-refractivity contribution in [1.29, 1.82) is 0 Å². The Kier molecular flexibility index (Phi) is 5.94. The Morgan fingerprint density at radius 1 is 1.07 bits per heavy atom. The maximum Gasteiger partial charge on any atom is 0.320 e. The smallest absolute Gasteiger partial charge is 0.320 e. The normalized spacial score (nSPS) is 10.5. The number of amides is 2. The summed E-state index contributed by atoms with van der Waals surface area (Å²) in [6, 6.07) is 14.4. The van der Waals surface area contributed by atoms with Crippen LogP contribution in [0.4, 0.5) is 15.0 Å². The molecule has 2 amide bonds. The minimum Gasteiger partial charge on any atom is -0.334 e. The van der Waals surface area contributed by atoms with E-state index in [1.54, 1.807) is 49.4 Å². The summed E-state index contributed by atoms with van der Waals surface area (Å²) in [5.41, 5.74) is 2.83. The number of benzene rings is 2. The third kappa shape index (κ3) is 4.76. The third-order valence-electron chi connectivity index (χ3n) is 3.94. The van der Waals surface area contributed by atoms with Crippen LogP contribution in [0, 0.1) is 12.7 Å². The first-order chi connectivity index (χ1) is 12.9. The fraction of sp³-hybridized carbons (Fsp3) is 0.100. The van der Waals surface area contributed by atoms with Crippen molar-refractivity contribution in [3.05, 3.63) is 81.6 Å². The number of aryl methyl sites for hydroxylation is 1. The molecule has 0 aliphatic heterocycles. The second-order valence-corrected chi connectivity index (χ2v) is 6.69. The first-order valence-corrected chi connectivity index (χ1v) is 8.91. The molecular formula is C20H16Cl2FN3O. The number of anilines is 1. The monoisotopic (exact) mass is 403 g/mol. The molecule has 1 heterocycles. The Bertz CT molecular complexity index is 974. The average molecular weight is 404 g/mol. The molecular weight excluding hydrogens is 388 g/mol. The zero-order valence-corrected chi connectivity index (χ0v) is 15.9. The largest absolute Gasteiger partial charge is 0.334 e. The number of nitrogens with zero attached hydrogens (tertiary/aromatic N) is 1. The molecule has 0 aliphatic carbocycles. The van der Waals surface area contributed by atoms with Gasteiger partial charge in [0, 0.05) is 27.7 Å². The number of halogens is 3. The number of carbonyl (C=O) groups is 1. The van der Waals surface area contributed by atoms with Crippen LogP contribution in [0.15, 0.2) is 54.6 Å². The summed E-state index contributed by atoms with van der Waals surface area (Å²) in [4.78, 5) is 16.6. The van der Waals surface area contributed by atoms with Gasteiger partial charge < -0.3 is 5.32 Å². The summed E-state index contributed by atoms with van der Waals surface area (Å²) >= 11 is 12.2. The molecule has 0 radical (unpaired) electrons. The lowest BCUT2D eigenvalue weighted by Gasteiger charge is -2.11. The van der Waals surface area contributed by atoms with Gasteiger partial charge >= 0.3 is 6.03 Å². The van der Waals surface area contributed by atoms with Crippen molar-refractivity contribution in [1.82, 2.24) is 10.3 Å². The van der Waals surface area contributed by atoms with Crippen LogP contribution in [-0.2, 0) is 6.54 Å². The summed E-state index contributed by atoms with van der Waals surface area (Å²) in [5.74, 6) is 0.0714. The molecule has 0 atom stereocenters. The predicted octanol–water partition coefficient (Wildman–Crippen LogP) is 5.82. The lowest BCUT2D eigenvalue weighted by Crippen LogP contribution is -2.28. The summed E-state index contributed by atoms with van der Waals surface area (Å²) in [7, 11) is 0. The topological polar surface area (TPSA) is 54.0 Å². The van der Waals surface area contributed by atoms with Gasteiger partial charge in [-0.2, -0.15) is 0 Å². The van der Waals surface area contributed by atoms with Crippen molar-refractivity contribution in [2.75, 3.05) is 5.32 Å². The van der Waals surface area contributed by atoms with Crippen LogP contribution in [0.2, 0.25) is 10.0 Å². The van der Waals surface area contributed by atoms with Gasteiger partial charge in [0.05, 0.1) is 5.69 Å². The van der Waals surface area contributed by atoms with E-state index in [0.29, 0.717) is 27.1 Å². The Balaban J connectivity index is 1.70. The standard InChI is InChI=1S/C20H16Cl2FN3O/c1-12-10-13(23)8-9-14(12)18-6-3-7-19(25-18)26-20(27)24-11-15-16(21)4-2-5-17(15)22/h2-10H,11H2,1H3,(H2,24,25,26,27). The van der Waals surface area contributed by atoms with E-state index in [-0.39, 0.29) is 12.4 Å². The quantitative estimate of drug-likeness (QED) is 0.575. The van der Waals surface area contributed by atoms with E-state index in [2.05, 4.69) is 15.6 Å². The van der Waals surface area contributed by atoms with Crippen LogP contribution in [-0.4, -0.2) is 11.0 Å². The molecule has 2 N–H and O–H groups in total. The zero-order chi connectivity index (χ0) is 19.4. The third-order valence-corrected chi connectivity index (χ3v) is 4.65. The van der Waals surface area contributed by atoms with Crippen LogP contribution in [0.25, 0.3) is 11.3 Å². The summed E-state index contributed by atoms with van der Waals surface area (Å²) < 4.78 is 13.3. The number of hydrogen-bond acceptors (Lipinski definition) is 2. The lowest BCUT2D eigenvalue weighted by molar-refractivity contribution is 0.251. The van der Waals surface area contributed by atoms with Crippen molar-refractivity contribution in [3.63, 3.8) is 0 Å². The van der Waals surface area contributed by atoms with Gasteiger partial charge in [-0.1, -0.05) is 35.3 Å². The van der Waals surface area contributed by atoms with Gasteiger partial charge in [-0.25, -0.2) is 14.2 Å². The van der Waals surface area contributed by atoms with Crippen LogP contribution in [0.1, 0.15) is 11.1 Å². The van der Waals surface area contributed by atoms with E-state index < -0.39 is 6.03 Å². The van der Waals surface area contributed by atoms with E-state index >= 15 is 0 Å². The van der Waals surface area contributed by atoms with Crippen molar-refractivity contribution in [3.8, 4) is 11.3 Å². The van der Waals surface area contributed by atoms with E-state index in [0.717, 1.165) is 11.1 Å². The van der Waals surface area contributed by atoms with Gasteiger partial charge in [0.15, 0.2) is 0 Å². The van der Waals surface area contributed by atoms with Crippen LogP contribution in [0.5, 0.6) is 0 Å². The molecule has 3 aromatic rings. The fourth-order valence-corrected chi connectivity index (χ4v) is 3.13. The predicted molar refractivity (Wildman–Crippen MR) is 107 cm³/mol. The highest BCUT2D eigenvalue weighted by Gasteiger charge is 2.10.